The molecule has 27 heavy (non-hydrogen) atoms. The molecule has 0 bridgehead atoms. The zero-order valence-corrected chi connectivity index (χ0v) is 14.8. The summed E-state index contributed by atoms with van der Waals surface area (Å²) in [7, 11) is 0. The number of ketones is 1. The first-order chi connectivity index (χ1) is 13.2. The molecule has 1 aliphatic carbocycles. The first-order valence-electron chi connectivity index (χ1n) is 9.00. The van der Waals surface area contributed by atoms with Crippen molar-refractivity contribution >= 4 is 11.8 Å². The maximum absolute atomic E-state index is 12.3. The van der Waals surface area contributed by atoms with Gasteiger partial charge in [-0.15, -0.1) is 0 Å². The Kier molecular flexibility index (Phi) is 4.73. The van der Waals surface area contributed by atoms with Gasteiger partial charge >= 0.3 is 5.97 Å². The van der Waals surface area contributed by atoms with Crippen molar-refractivity contribution in [2.75, 3.05) is 6.61 Å². The van der Waals surface area contributed by atoms with Gasteiger partial charge in [0.1, 0.15) is 12.2 Å². The summed E-state index contributed by atoms with van der Waals surface area (Å²) in [6.07, 6.45) is 5.23. The molecule has 2 aromatic carbocycles. The third-order valence-electron chi connectivity index (χ3n) is 5.12. The number of benzene rings is 2. The highest BCUT2D eigenvalue weighted by molar-refractivity contribution is 5.92. The van der Waals surface area contributed by atoms with E-state index in [1.807, 2.05) is 66.7 Å². The molecule has 0 radical (unpaired) electrons. The van der Waals surface area contributed by atoms with Crippen LogP contribution in [0.1, 0.15) is 17.5 Å². The lowest BCUT2D eigenvalue weighted by molar-refractivity contribution is -0.139. The van der Waals surface area contributed by atoms with E-state index in [0.29, 0.717) is 13.0 Å². The van der Waals surface area contributed by atoms with E-state index in [2.05, 4.69) is 0 Å². The Labute approximate surface area is 158 Å². The van der Waals surface area contributed by atoms with Gasteiger partial charge in [0, 0.05) is 18.4 Å². The van der Waals surface area contributed by atoms with E-state index >= 15 is 0 Å². The minimum Gasteiger partial charge on any atom is -0.458 e. The number of hydrogen-bond donors (Lipinski definition) is 0. The molecule has 4 heteroatoms. The van der Waals surface area contributed by atoms with Gasteiger partial charge in [0.25, 0.3) is 0 Å². The van der Waals surface area contributed by atoms with Crippen LogP contribution < -0.4 is 0 Å². The van der Waals surface area contributed by atoms with Crippen molar-refractivity contribution in [2.24, 2.45) is 5.92 Å². The lowest BCUT2D eigenvalue weighted by Crippen LogP contribution is -2.35. The van der Waals surface area contributed by atoms with Crippen molar-refractivity contribution in [3.8, 4) is 0 Å². The van der Waals surface area contributed by atoms with Crippen LogP contribution in [0.4, 0.5) is 0 Å². The number of carbonyl (C=O) groups excluding carboxylic acids is 2. The Balaban J connectivity index is 1.56. The maximum atomic E-state index is 12.3. The Morgan fingerprint density at radius 2 is 1.81 bits per heavy atom. The van der Waals surface area contributed by atoms with Crippen LogP contribution in [0.5, 0.6) is 0 Å². The fraction of sp³-hybridized carbons (Fsp3) is 0.217. The fourth-order valence-corrected chi connectivity index (χ4v) is 3.76. The van der Waals surface area contributed by atoms with Crippen LogP contribution in [0.15, 0.2) is 84.5 Å². The smallest absolute Gasteiger partial charge is 0.331 e. The van der Waals surface area contributed by atoms with Gasteiger partial charge in [-0.25, -0.2) is 4.79 Å². The van der Waals surface area contributed by atoms with E-state index in [1.165, 1.54) is 6.08 Å². The Morgan fingerprint density at radius 1 is 1.11 bits per heavy atom. The van der Waals surface area contributed by atoms with Crippen molar-refractivity contribution < 1.29 is 19.1 Å². The van der Waals surface area contributed by atoms with E-state index in [-0.39, 0.29) is 18.3 Å². The second-order valence-electron chi connectivity index (χ2n) is 6.82. The average molecular weight is 360 g/mol. The van der Waals surface area contributed by atoms with Crippen LogP contribution >= 0.6 is 0 Å². The molecular formula is C23H20O4. The van der Waals surface area contributed by atoms with Crippen molar-refractivity contribution in [3.05, 3.63) is 95.6 Å². The molecule has 1 unspecified atom stereocenters. The standard InChI is InChI=1S/C23H20O4/c24-20-11-12-23(19-9-5-2-6-10-19)21(14-20)18(16-27-23)13-22(25)26-15-17-7-3-1-4-8-17/h1-13,21H,14-16H2/b18-13-/t21?,23-/m0/s1. The van der Waals surface area contributed by atoms with Crippen LogP contribution in [0, 0.1) is 5.92 Å². The topological polar surface area (TPSA) is 52.6 Å². The number of ether oxygens (including phenoxy) is 2. The minimum absolute atomic E-state index is 0.0422. The number of hydrogen-bond acceptors (Lipinski definition) is 4. The molecule has 4 nitrogen and oxygen atoms in total. The van der Waals surface area contributed by atoms with Crippen LogP contribution in [-0.4, -0.2) is 18.4 Å². The zero-order chi connectivity index (χ0) is 18.7. The second-order valence-corrected chi connectivity index (χ2v) is 6.82. The first kappa shape index (κ1) is 17.4. The van der Waals surface area contributed by atoms with Crippen molar-refractivity contribution in [1.82, 2.24) is 0 Å². The molecule has 0 aromatic heterocycles. The molecule has 1 aliphatic heterocycles. The number of allylic oxidation sites excluding steroid dienone is 1. The van der Waals surface area contributed by atoms with Gasteiger partial charge in [-0.05, 0) is 28.9 Å². The fourth-order valence-electron chi connectivity index (χ4n) is 3.76. The highest BCUT2D eigenvalue weighted by atomic mass is 16.5. The zero-order valence-electron chi connectivity index (χ0n) is 14.8. The SMILES string of the molecule is O=C1C=C[C@@]2(c3ccccc3)OC/C(=C/C(=O)OCc3ccccc3)C2C1. The molecule has 0 N–H and O–H groups in total. The predicted octanol–water partition coefficient (Wildman–Crippen LogP) is 3.73. The van der Waals surface area contributed by atoms with Gasteiger partial charge < -0.3 is 9.47 Å². The largest absolute Gasteiger partial charge is 0.458 e. The van der Waals surface area contributed by atoms with Gasteiger partial charge in [0.15, 0.2) is 5.78 Å². The second kappa shape index (κ2) is 7.33. The molecule has 0 spiro atoms. The average Bonchev–Trinajstić information content (AvgIpc) is 3.07. The molecule has 2 atom stereocenters. The lowest BCUT2D eigenvalue weighted by Gasteiger charge is -2.34. The van der Waals surface area contributed by atoms with Crippen LogP contribution in [0.3, 0.4) is 0 Å². The van der Waals surface area contributed by atoms with Gasteiger partial charge in [0.2, 0.25) is 0 Å². The molecule has 0 amide bonds. The van der Waals surface area contributed by atoms with E-state index < -0.39 is 11.6 Å². The number of rotatable bonds is 4. The van der Waals surface area contributed by atoms with Gasteiger partial charge in [-0.3, -0.25) is 4.79 Å². The predicted molar refractivity (Wildman–Crippen MR) is 101 cm³/mol. The highest BCUT2D eigenvalue weighted by Crippen LogP contribution is 2.48. The van der Waals surface area contributed by atoms with Gasteiger partial charge in [-0.1, -0.05) is 60.7 Å². The van der Waals surface area contributed by atoms with E-state index in [0.717, 1.165) is 16.7 Å². The van der Waals surface area contributed by atoms with Gasteiger partial charge in [0.05, 0.1) is 6.61 Å². The Morgan fingerprint density at radius 3 is 2.56 bits per heavy atom. The molecule has 2 aromatic rings. The van der Waals surface area contributed by atoms with E-state index in [1.54, 1.807) is 6.08 Å². The molecule has 0 saturated carbocycles. The first-order valence-corrected chi connectivity index (χ1v) is 9.00. The Hall–Kier alpha value is -2.98. The molecule has 2 aliphatic rings. The summed E-state index contributed by atoms with van der Waals surface area (Å²) in [5.41, 5.74) is 2.02. The number of carbonyl (C=O) groups is 2. The lowest BCUT2D eigenvalue weighted by atomic mass is 9.73. The minimum atomic E-state index is -0.694. The number of fused-ring (bicyclic) bond motifs is 1. The van der Waals surface area contributed by atoms with E-state index in [9.17, 15) is 9.59 Å². The summed E-state index contributed by atoms with van der Waals surface area (Å²) in [4.78, 5) is 24.3. The molecule has 1 saturated heterocycles. The summed E-state index contributed by atoms with van der Waals surface area (Å²) in [6, 6.07) is 19.4. The molecule has 4 rings (SSSR count). The normalized spacial score (nSPS) is 25.4. The molecule has 1 heterocycles. The molecule has 1 fully saturated rings. The van der Waals surface area contributed by atoms with Gasteiger partial charge in [-0.2, -0.15) is 0 Å². The summed E-state index contributed by atoms with van der Waals surface area (Å²) in [6.45, 7) is 0.523. The monoisotopic (exact) mass is 360 g/mol. The van der Waals surface area contributed by atoms with Crippen LogP contribution in [-0.2, 0) is 31.3 Å². The van der Waals surface area contributed by atoms with Crippen LogP contribution in [0.25, 0.3) is 0 Å². The summed E-state index contributed by atoms with van der Waals surface area (Å²) >= 11 is 0. The third kappa shape index (κ3) is 3.49. The number of esters is 1. The van der Waals surface area contributed by atoms with Crippen molar-refractivity contribution in [1.29, 1.82) is 0 Å². The summed E-state index contributed by atoms with van der Waals surface area (Å²) < 4.78 is 11.5. The molecule has 136 valence electrons. The highest BCUT2D eigenvalue weighted by Gasteiger charge is 2.49. The quantitative estimate of drug-likeness (QED) is 0.616. The van der Waals surface area contributed by atoms with Crippen molar-refractivity contribution in [3.63, 3.8) is 0 Å². The summed E-state index contributed by atoms with van der Waals surface area (Å²) in [5.74, 6) is -0.564. The third-order valence-corrected chi connectivity index (χ3v) is 5.12. The summed E-state index contributed by atoms with van der Waals surface area (Å²) in [5, 5.41) is 0. The van der Waals surface area contributed by atoms with Crippen molar-refractivity contribution in [2.45, 2.75) is 18.6 Å². The Bertz CT molecular complexity index is 898. The maximum Gasteiger partial charge on any atom is 0.331 e. The molecular weight excluding hydrogens is 340 g/mol. The van der Waals surface area contributed by atoms with Crippen LogP contribution in [0.2, 0.25) is 0 Å². The van der Waals surface area contributed by atoms with E-state index in [4.69, 9.17) is 9.47 Å².